The molecule has 0 radical (unpaired) electrons. The summed E-state index contributed by atoms with van der Waals surface area (Å²) >= 11 is 0. The minimum absolute atomic E-state index is 0.623. The van der Waals surface area contributed by atoms with Crippen LogP contribution in [0.4, 0.5) is 0 Å². The fourth-order valence-electron chi connectivity index (χ4n) is 4.57. The maximum absolute atomic E-state index is 2.75. The van der Waals surface area contributed by atoms with Crippen LogP contribution in [0.2, 0.25) is 0 Å². The van der Waals surface area contributed by atoms with Crippen molar-refractivity contribution in [2.75, 3.05) is 40.3 Å². The molecule has 0 aromatic heterocycles. The molecule has 1 unspecified atom stereocenters. The lowest BCUT2D eigenvalue weighted by Crippen LogP contribution is -2.38. The van der Waals surface area contributed by atoms with Gasteiger partial charge in [0.1, 0.15) is 0 Å². The molecule has 0 bridgehead atoms. The summed E-state index contributed by atoms with van der Waals surface area (Å²) in [7, 11) is 4.37. The predicted molar refractivity (Wildman–Crippen MR) is 92.7 cm³/mol. The second kappa shape index (κ2) is 7.00. The molecule has 1 aliphatic heterocycles. The van der Waals surface area contributed by atoms with Gasteiger partial charge in [-0.25, -0.2) is 0 Å². The van der Waals surface area contributed by atoms with Gasteiger partial charge in [0, 0.05) is 6.54 Å². The Morgan fingerprint density at radius 3 is 2.33 bits per heavy atom. The normalized spacial score (nSPS) is 35.7. The fraction of sp³-hybridized carbons (Fsp3) is 1.00. The molecule has 1 spiro atoms. The van der Waals surface area contributed by atoms with Crippen molar-refractivity contribution in [3.05, 3.63) is 0 Å². The third-order valence-electron chi connectivity index (χ3n) is 6.85. The summed E-state index contributed by atoms with van der Waals surface area (Å²) in [6, 6.07) is 0. The molecule has 1 atom stereocenters. The van der Waals surface area contributed by atoms with E-state index in [1.165, 1.54) is 71.1 Å². The van der Waals surface area contributed by atoms with Crippen LogP contribution in [0.3, 0.4) is 0 Å². The Kier molecular flexibility index (Phi) is 5.76. The van der Waals surface area contributed by atoms with E-state index in [4.69, 9.17) is 0 Å². The Labute approximate surface area is 133 Å². The average molecular weight is 295 g/mol. The second-order valence-electron chi connectivity index (χ2n) is 8.65. The zero-order valence-electron chi connectivity index (χ0n) is 15.2. The second-order valence-corrected chi connectivity index (χ2v) is 8.65. The average Bonchev–Trinajstić information content (AvgIpc) is 2.85. The highest BCUT2D eigenvalue weighted by Crippen LogP contribution is 2.53. The summed E-state index contributed by atoms with van der Waals surface area (Å²) in [5.74, 6) is 0.896. The van der Waals surface area contributed by atoms with Gasteiger partial charge in [0.05, 0.1) is 0 Å². The first-order valence-electron chi connectivity index (χ1n) is 9.26. The third kappa shape index (κ3) is 4.22. The van der Waals surface area contributed by atoms with E-state index in [-0.39, 0.29) is 0 Å². The van der Waals surface area contributed by atoms with E-state index < -0.39 is 0 Å². The monoisotopic (exact) mass is 294 g/mol. The van der Waals surface area contributed by atoms with Gasteiger partial charge in [0.2, 0.25) is 0 Å². The van der Waals surface area contributed by atoms with E-state index in [0.29, 0.717) is 10.8 Å². The van der Waals surface area contributed by atoms with Crippen molar-refractivity contribution in [3.8, 4) is 0 Å². The summed E-state index contributed by atoms with van der Waals surface area (Å²) in [4.78, 5) is 5.05. The Morgan fingerprint density at radius 2 is 1.76 bits per heavy atom. The Morgan fingerprint density at radius 1 is 1.10 bits per heavy atom. The largest absolute Gasteiger partial charge is 0.309 e. The van der Waals surface area contributed by atoms with Gasteiger partial charge in [-0.05, 0) is 89.0 Å². The maximum atomic E-state index is 2.75. The number of rotatable bonds is 6. The minimum atomic E-state index is 0.623. The molecule has 2 heteroatoms. The predicted octanol–water partition coefficient (Wildman–Crippen LogP) is 4.26. The molecule has 2 rings (SSSR count). The molecular weight excluding hydrogens is 256 g/mol. The van der Waals surface area contributed by atoms with E-state index in [1.807, 2.05) is 0 Å². The molecular formula is C19H38N2. The quantitative estimate of drug-likeness (QED) is 0.722. The smallest absolute Gasteiger partial charge is 0.00385 e. The Hall–Kier alpha value is -0.0800. The highest BCUT2D eigenvalue weighted by molar-refractivity contribution is 4.97. The number of hydrogen-bond acceptors (Lipinski definition) is 2. The molecule has 124 valence electrons. The molecule has 21 heavy (non-hydrogen) atoms. The van der Waals surface area contributed by atoms with Gasteiger partial charge < -0.3 is 9.80 Å². The van der Waals surface area contributed by atoms with Crippen LogP contribution >= 0.6 is 0 Å². The zero-order valence-corrected chi connectivity index (χ0v) is 15.2. The van der Waals surface area contributed by atoms with Crippen molar-refractivity contribution in [2.24, 2.45) is 16.7 Å². The molecule has 1 saturated carbocycles. The van der Waals surface area contributed by atoms with Crippen molar-refractivity contribution in [2.45, 2.75) is 65.7 Å². The van der Waals surface area contributed by atoms with Crippen LogP contribution in [-0.4, -0.2) is 50.1 Å². The first-order valence-corrected chi connectivity index (χ1v) is 9.26. The zero-order chi connectivity index (χ0) is 15.5. The molecule has 2 aliphatic rings. The topological polar surface area (TPSA) is 6.48 Å². The SMILES string of the molecule is CCC(C)C1(C)CCC2(CCN(CCCN(C)C)C2)CC1. The van der Waals surface area contributed by atoms with Gasteiger partial charge in [0.25, 0.3) is 0 Å². The molecule has 0 aromatic rings. The summed E-state index contributed by atoms with van der Waals surface area (Å²) in [5.41, 5.74) is 1.31. The van der Waals surface area contributed by atoms with Crippen molar-refractivity contribution in [1.29, 1.82) is 0 Å². The lowest BCUT2D eigenvalue weighted by Gasteiger charge is -2.46. The van der Waals surface area contributed by atoms with Crippen molar-refractivity contribution in [3.63, 3.8) is 0 Å². The molecule has 1 saturated heterocycles. The van der Waals surface area contributed by atoms with Gasteiger partial charge in [-0.1, -0.05) is 27.2 Å². The van der Waals surface area contributed by atoms with E-state index in [1.54, 1.807) is 0 Å². The molecule has 2 nitrogen and oxygen atoms in total. The molecule has 0 amide bonds. The highest BCUT2D eigenvalue weighted by atomic mass is 15.2. The third-order valence-corrected chi connectivity index (χ3v) is 6.85. The number of hydrogen-bond donors (Lipinski definition) is 0. The van der Waals surface area contributed by atoms with Crippen LogP contribution in [0.5, 0.6) is 0 Å². The van der Waals surface area contributed by atoms with Crippen LogP contribution in [-0.2, 0) is 0 Å². The number of likely N-dealkylation sites (tertiary alicyclic amines) is 1. The summed E-state index contributed by atoms with van der Waals surface area (Å²) in [5, 5.41) is 0. The minimum Gasteiger partial charge on any atom is -0.309 e. The molecule has 1 aliphatic carbocycles. The van der Waals surface area contributed by atoms with Crippen molar-refractivity contribution in [1.82, 2.24) is 9.80 Å². The van der Waals surface area contributed by atoms with Crippen LogP contribution in [0, 0.1) is 16.7 Å². The number of nitrogens with zero attached hydrogens (tertiary/aromatic N) is 2. The first-order chi connectivity index (χ1) is 9.89. The van der Waals surface area contributed by atoms with Gasteiger partial charge >= 0.3 is 0 Å². The van der Waals surface area contributed by atoms with E-state index in [9.17, 15) is 0 Å². The van der Waals surface area contributed by atoms with Crippen LogP contribution in [0.25, 0.3) is 0 Å². The Balaban J connectivity index is 1.79. The maximum Gasteiger partial charge on any atom is 0.00385 e. The standard InChI is InChI=1S/C19H38N2/c1-6-17(2)18(3)8-10-19(11-9-18)12-15-21(16-19)14-7-13-20(4)5/h17H,6-16H2,1-5H3. The van der Waals surface area contributed by atoms with E-state index in [2.05, 4.69) is 44.7 Å². The van der Waals surface area contributed by atoms with Crippen molar-refractivity contribution >= 4 is 0 Å². The fourth-order valence-corrected chi connectivity index (χ4v) is 4.57. The van der Waals surface area contributed by atoms with Crippen LogP contribution < -0.4 is 0 Å². The van der Waals surface area contributed by atoms with Gasteiger partial charge in [-0.2, -0.15) is 0 Å². The molecule has 1 heterocycles. The van der Waals surface area contributed by atoms with Gasteiger partial charge in [-0.15, -0.1) is 0 Å². The van der Waals surface area contributed by atoms with Crippen LogP contribution in [0.1, 0.15) is 65.7 Å². The Bertz CT molecular complexity index is 316. The molecule has 0 N–H and O–H groups in total. The summed E-state index contributed by atoms with van der Waals surface area (Å²) < 4.78 is 0. The molecule has 2 fully saturated rings. The highest BCUT2D eigenvalue weighted by Gasteiger charge is 2.45. The lowest BCUT2D eigenvalue weighted by molar-refractivity contribution is 0.0507. The van der Waals surface area contributed by atoms with Gasteiger partial charge in [-0.3, -0.25) is 0 Å². The van der Waals surface area contributed by atoms with E-state index in [0.717, 1.165) is 5.92 Å². The lowest BCUT2D eigenvalue weighted by atomic mass is 9.59. The van der Waals surface area contributed by atoms with E-state index >= 15 is 0 Å². The van der Waals surface area contributed by atoms with Crippen molar-refractivity contribution < 1.29 is 0 Å². The van der Waals surface area contributed by atoms with Crippen LogP contribution in [0.15, 0.2) is 0 Å². The summed E-state index contributed by atoms with van der Waals surface area (Å²) in [6.07, 6.45) is 10.0. The van der Waals surface area contributed by atoms with Gasteiger partial charge in [0.15, 0.2) is 0 Å². The first kappa shape index (κ1) is 17.3. The summed E-state index contributed by atoms with van der Waals surface area (Å²) in [6.45, 7) is 12.7. The molecule has 0 aromatic carbocycles.